The number of nitrogens with zero attached hydrogens (tertiary/aromatic N) is 5. The third kappa shape index (κ3) is 3.49. The molecule has 3 rings (SSSR count). The third-order valence-electron chi connectivity index (χ3n) is 4.17. The van der Waals surface area contributed by atoms with Gasteiger partial charge in [0.1, 0.15) is 12.0 Å². The van der Waals surface area contributed by atoms with Gasteiger partial charge in [-0.1, -0.05) is 5.21 Å². The van der Waals surface area contributed by atoms with E-state index < -0.39 is 0 Å². The highest BCUT2D eigenvalue weighted by atomic mass is 16.5. The van der Waals surface area contributed by atoms with Gasteiger partial charge in [-0.05, 0) is 20.2 Å². The van der Waals surface area contributed by atoms with Crippen molar-refractivity contribution in [2.75, 3.05) is 40.4 Å². The van der Waals surface area contributed by atoms with Gasteiger partial charge in [0.15, 0.2) is 0 Å². The highest BCUT2D eigenvalue weighted by molar-refractivity contribution is 5.93. The Morgan fingerprint density at radius 1 is 1.50 bits per heavy atom. The molecule has 0 saturated carbocycles. The van der Waals surface area contributed by atoms with Crippen molar-refractivity contribution in [1.82, 2.24) is 24.8 Å². The van der Waals surface area contributed by atoms with E-state index in [9.17, 15) is 4.79 Å². The van der Waals surface area contributed by atoms with Crippen LogP contribution in [0.15, 0.2) is 23.0 Å². The monoisotopic (exact) mass is 333 g/mol. The quantitative estimate of drug-likeness (QED) is 0.725. The highest BCUT2D eigenvalue weighted by Gasteiger charge is 2.33. The van der Waals surface area contributed by atoms with Gasteiger partial charge in [0.25, 0.3) is 5.91 Å². The minimum Gasteiger partial charge on any atom is -0.472 e. The molecule has 0 radical (unpaired) electrons. The van der Waals surface area contributed by atoms with Crippen molar-refractivity contribution in [3.63, 3.8) is 0 Å². The van der Waals surface area contributed by atoms with Crippen molar-refractivity contribution < 1.29 is 13.9 Å². The number of fused-ring (bicyclic) bond motifs is 1. The van der Waals surface area contributed by atoms with Crippen LogP contribution in [0.3, 0.4) is 0 Å². The largest absolute Gasteiger partial charge is 0.472 e. The minimum absolute atomic E-state index is 0.0571. The average molecular weight is 333 g/mol. The van der Waals surface area contributed by atoms with Crippen molar-refractivity contribution in [1.29, 1.82) is 0 Å². The van der Waals surface area contributed by atoms with Crippen LogP contribution >= 0.6 is 0 Å². The zero-order valence-electron chi connectivity index (χ0n) is 14.3. The molecular formula is C16H23N5O3. The summed E-state index contributed by atoms with van der Waals surface area (Å²) in [6.45, 7) is 3.10. The summed E-state index contributed by atoms with van der Waals surface area (Å²) in [6, 6.07) is 1.68. The van der Waals surface area contributed by atoms with Crippen LogP contribution < -0.4 is 0 Å². The van der Waals surface area contributed by atoms with Crippen LogP contribution in [0.4, 0.5) is 0 Å². The van der Waals surface area contributed by atoms with Gasteiger partial charge in [0, 0.05) is 26.1 Å². The standard InChI is InChI=1S/C16H23N5O3/c1-19(2)5-7-24-11-13-8-21(16(22)12-4-6-23-10-12)9-14-15(13)20(3)18-17-14/h4,6,10,13H,5,7-9,11H2,1-3H3/t13-/m1/s1. The molecule has 0 aliphatic carbocycles. The van der Waals surface area contributed by atoms with E-state index in [0.717, 1.165) is 17.9 Å². The van der Waals surface area contributed by atoms with E-state index >= 15 is 0 Å². The van der Waals surface area contributed by atoms with Crippen molar-refractivity contribution in [3.05, 3.63) is 35.5 Å². The van der Waals surface area contributed by atoms with Gasteiger partial charge in [0.2, 0.25) is 0 Å². The molecule has 1 aliphatic heterocycles. The van der Waals surface area contributed by atoms with Gasteiger partial charge in [-0.15, -0.1) is 5.10 Å². The first-order valence-corrected chi connectivity index (χ1v) is 7.98. The Balaban J connectivity index is 1.72. The zero-order chi connectivity index (χ0) is 17.1. The number of furan rings is 1. The molecule has 1 atom stereocenters. The summed E-state index contributed by atoms with van der Waals surface area (Å²) in [5.41, 5.74) is 2.44. The van der Waals surface area contributed by atoms with Gasteiger partial charge in [-0.25, -0.2) is 0 Å². The molecule has 2 aromatic heterocycles. The molecule has 24 heavy (non-hydrogen) atoms. The minimum atomic E-state index is -0.0571. The van der Waals surface area contributed by atoms with Gasteiger partial charge >= 0.3 is 0 Å². The summed E-state index contributed by atoms with van der Waals surface area (Å²) in [5.74, 6) is 0.00473. The van der Waals surface area contributed by atoms with Crippen LogP contribution in [0, 0.1) is 0 Å². The number of likely N-dealkylation sites (N-methyl/N-ethyl adjacent to an activating group) is 1. The first kappa shape index (κ1) is 16.7. The molecule has 0 aromatic carbocycles. The molecule has 8 nitrogen and oxygen atoms in total. The number of ether oxygens (including phenoxy) is 1. The number of aryl methyl sites for hydroxylation is 1. The third-order valence-corrected chi connectivity index (χ3v) is 4.17. The predicted octanol–water partition coefficient (Wildman–Crippen LogP) is 0.726. The Labute approximate surface area is 141 Å². The van der Waals surface area contributed by atoms with Crippen molar-refractivity contribution in [3.8, 4) is 0 Å². The fraction of sp³-hybridized carbons (Fsp3) is 0.562. The number of carbonyl (C=O) groups is 1. The highest BCUT2D eigenvalue weighted by Crippen LogP contribution is 2.27. The number of hydrogen-bond acceptors (Lipinski definition) is 6. The molecule has 2 aromatic rings. The summed E-state index contributed by atoms with van der Waals surface area (Å²) in [4.78, 5) is 16.5. The fourth-order valence-electron chi connectivity index (χ4n) is 2.95. The number of carbonyl (C=O) groups excluding carboxylic acids is 1. The second-order valence-corrected chi connectivity index (χ2v) is 6.32. The first-order chi connectivity index (χ1) is 11.6. The number of rotatable bonds is 6. The van der Waals surface area contributed by atoms with Gasteiger partial charge in [0.05, 0.1) is 37.3 Å². The van der Waals surface area contributed by atoms with Crippen LogP contribution in [0.1, 0.15) is 27.7 Å². The summed E-state index contributed by atoms with van der Waals surface area (Å²) in [7, 11) is 5.91. The Hall–Kier alpha value is -2.19. The van der Waals surface area contributed by atoms with Gasteiger partial charge in [-0.3, -0.25) is 9.48 Å². The molecule has 0 N–H and O–H groups in total. The molecule has 0 saturated heterocycles. The molecular weight excluding hydrogens is 310 g/mol. The zero-order valence-corrected chi connectivity index (χ0v) is 14.3. The van der Waals surface area contributed by atoms with Crippen molar-refractivity contribution in [2.45, 2.75) is 12.5 Å². The van der Waals surface area contributed by atoms with E-state index in [1.54, 1.807) is 15.6 Å². The lowest BCUT2D eigenvalue weighted by Crippen LogP contribution is -2.40. The van der Waals surface area contributed by atoms with E-state index in [2.05, 4.69) is 15.2 Å². The van der Waals surface area contributed by atoms with Gasteiger partial charge < -0.3 is 19.0 Å². The maximum absolute atomic E-state index is 12.6. The topological polar surface area (TPSA) is 76.6 Å². The van der Waals surface area contributed by atoms with Crippen molar-refractivity contribution >= 4 is 5.91 Å². The van der Waals surface area contributed by atoms with Gasteiger partial charge in [-0.2, -0.15) is 0 Å². The van der Waals surface area contributed by atoms with Crippen LogP contribution in [0.2, 0.25) is 0 Å². The molecule has 1 aliphatic rings. The van der Waals surface area contributed by atoms with Crippen LogP contribution in [0.25, 0.3) is 0 Å². The molecule has 3 heterocycles. The molecule has 130 valence electrons. The fourth-order valence-corrected chi connectivity index (χ4v) is 2.95. The molecule has 0 spiro atoms. The number of hydrogen-bond donors (Lipinski definition) is 0. The van der Waals surface area contributed by atoms with Crippen LogP contribution in [0.5, 0.6) is 0 Å². The SMILES string of the molecule is CN(C)CCOC[C@H]1CN(C(=O)c2ccoc2)Cc2nnn(C)c21. The van der Waals surface area contributed by atoms with E-state index in [0.29, 0.717) is 31.9 Å². The smallest absolute Gasteiger partial charge is 0.257 e. The number of aromatic nitrogens is 3. The first-order valence-electron chi connectivity index (χ1n) is 7.98. The lowest BCUT2D eigenvalue weighted by atomic mass is 9.98. The maximum Gasteiger partial charge on any atom is 0.257 e. The summed E-state index contributed by atoms with van der Waals surface area (Å²) in [5, 5.41) is 8.32. The number of amides is 1. The second-order valence-electron chi connectivity index (χ2n) is 6.32. The maximum atomic E-state index is 12.6. The predicted molar refractivity (Wildman–Crippen MR) is 86.6 cm³/mol. The van der Waals surface area contributed by atoms with E-state index in [1.807, 2.05) is 21.1 Å². The molecule has 0 bridgehead atoms. The second kappa shape index (κ2) is 7.14. The Kier molecular flexibility index (Phi) is 4.96. The van der Waals surface area contributed by atoms with Crippen LogP contribution in [-0.2, 0) is 18.3 Å². The Morgan fingerprint density at radius 2 is 2.33 bits per heavy atom. The Morgan fingerprint density at radius 3 is 3.04 bits per heavy atom. The van der Waals surface area contributed by atoms with E-state index in [-0.39, 0.29) is 11.8 Å². The molecule has 8 heteroatoms. The lowest BCUT2D eigenvalue weighted by molar-refractivity contribution is 0.0613. The summed E-state index contributed by atoms with van der Waals surface area (Å²) < 4.78 is 12.6. The molecule has 0 fully saturated rings. The summed E-state index contributed by atoms with van der Waals surface area (Å²) >= 11 is 0. The molecule has 0 unspecified atom stereocenters. The van der Waals surface area contributed by atoms with E-state index in [1.165, 1.54) is 12.5 Å². The lowest BCUT2D eigenvalue weighted by Gasteiger charge is -2.32. The molecule has 1 amide bonds. The average Bonchev–Trinajstić information content (AvgIpc) is 3.21. The van der Waals surface area contributed by atoms with Crippen molar-refractivity contribution in [2.24, 2.45) is 7.05 Å². The van der Waals surface area contributed by atoms with E-state index in [4.69, 9.17) is 9.15 Å². The Bertz CT molecular complexity index is 680. The van der Waals surface area contributed by atoms with Crippen LogP contribution in [-0.4, -0.2) is 71.1 Å². The normalized spacial score (nSPS) is 17.3. The summed E-state index contributed by atoms with van der Waals surface area (Å²) in [6.07, 6.45) is 2.98.